The first-order valence-electron chi connectivity index (χ1n) is 11.1. The molecule has 0 fully saturated rings. The third-order valence-electron chi connectivity index (χ3n) is 6.83. The van der Waals surface area contributed by atoms with Gasteiger partial charge < -0.3 is 0 Å². The number of hydrogen-bond donors (Lipinski definition) is 0. The molecule has 0 radical (unpaired) electrons. The molecule has 7 aromatic carbocycles. The fraction of sp³-hybridized carbons (Fsp3) is 0. The van der Waals surface area contributed by atoms with Crippen molar-refractivity contribution in [3.63, 3.8) is 0 Å². The minimum Gasteiger partial charge on any atom is -0.0622 e. The Balaban J connectivity index is 1.64. The average Bonchev–Trinajstić information content (AvgIpc) is 2.87. The summed E-state index contributed by atoms with van der Waals surface area (Å²) in [6.45, 7) is 0. The van der Waals surface area contributed by atoms with Crippen molar-refractivity contribution in [1.82, 2.24) is 0 Å². The van der Waals surface area contributed by atoms with Crippen LogP contribution in [0.3, 0.4) is 0 Å². The van der Waals surface area contributed by atoms with Crippen molar-refractivity contribution in [3.05, 3.63) is 121 Å². The summed E-state index contributed by atoms with van der Waals surface area (Å²) in [5.41, 5.74) is 5.09. The summed E-state index contributed by atoms with van der Waals surface area (Å²) in [5, 5.41) is 10.7. The van der Waals surface area contributed by atoms with Gasteiger partial charge in [-0.15, -0.1) is 0 Å². The molecule has 148 valence electrons. The van der Waals surface area contributed by atoms with Crippen LogP contribution in [0.25, 0.3) is 65.3 Å². The Kier molecular flexibility index (Phi) is 3.65. The monoisotopic (exact) mass is 404 g/mol. The third-order valence-corrected chi connectivity index (χ3v) is 6.83. The maximum Gasteiger partial charge on any atom is -0.00201 e. The van der Waals surface area contributed by atoms with Gasteiger partial charge in [-0.3, -0.25) is 0 Å². The Bertz CT molecular complexity index is 1710. The summed E-state index contributed by atoms with van der Waals surface area (Å²) in [5.74, 6) is 0. The van der Waals surface area contributed by atoms with Crippen LogP contribution >= 0.6 is 0 Å². The van der Waals surface area contributed by atoms with Crippen molar-refractivity contribution in [3.8, 4) is 22.3 Å². The first-order chi connectivity index (χ1) is 15.9. The van der Waals surface area contributed by atoms with Gasteiger partial charge in [0.2, 0.25) is 0 Å². The molecule has 0 heterocycles. The lowest BCUT2D eigenvalue weighted by Gasteiger charge is -2.18. The number of fused-ring (bicyclic) bond motifs is 2. The van der Waals surface area contributed by atoms with Crippen molar-refractivity contribution in [1.29, 1.82) is 0 Å². The van der Waals surface area contributed by atoms with Crippen LogP contribution in [0.2, 0.25) is 0 Å². The standard InChI is InChI=1S/C32H20/c1-2-9-21(10-3-1)23-13-4-5-14-24(23)25-19-20-30-28-16-7-12-22-11-6-15-27(31(22)28)29-18-8-17-26(25)32(29)30/h1-20H. The van der Waals surface area contributed by atoms with Gasteiger partial charge >= 0.3 is 0 Å². The molecule has 0 N–H and O–H groups in total. The summed E-state index contributed by atoms with van der Waals surface area (Å²) in [6, 6.07) is 44.2. The van der Waals surface area contributed by atoms with E-state index in [9.17, 15) is 0 Å². The summed E-state index contributed by atoms with van der Waals surface area (Å²) in [6.07, 6.45) is 0. The van der Waals surface area contributed by atoms with E-state index in [0.29, 0.717) is 0 Å². The van der Waals surface area contributed by atoms with Gasteiger partial charge in [-0.1, -0.05) is 121 Å². The van der Waals surface area contributed by atoms with Crippen LogP contribution in [0.15, 0.2) is 121 Å². The molecule has 0 unspecified atom stereocenters. The van der Waals surface area contributed by atoms with E-state index in [1.807, 2.05) is 0 Å². The molecule has 0 amide bonds. The zero-order valence-electron chi connectivity index (χ0n) is 17.5. The molecule has 0 bridgehead atoms. The second-order valence-electron chi connectivity index (χ2n) is 8.51. The Hall–Kier alpha value is -4.16. The summed E-state index contributed by atoms with van der Waals surface area (Å²) in [7, 11) is 0. The fourth-order valence-electron chi connectivity index (χ4n) is 5.47. The number of benzene rings is 7. The highest BCUT2D eigenvalue weighted by Crippen LogP contribution is 2.44. The smallest absolute Gasteiger partial charge is 0.00201 e. The maximum absolute atomic E-state index is 2.33. The average molecular weight is 405 g/mol. The molecular weight excluding hydrogens is 384 g/mol. The first kappa shape index (κ1) is 17.5. The minimum atomic E-state index is 1.25. The largest absolute Gasteiger partial charge is 0.0622 e. The number of rotatable bonds is 2. The SMILES string of the molecule is c1ccc(-c2ccccc2-c2ccc3c4cccc5cccc(c6cccc2c63)c54)cc1. The molecule has 32 heavy (non-hydrogen) atoms. The predicted octanol–water partition coefficient (Wildman–Crippen LogP) is 9.07. The molecule has 0 nitrogen and oxygen atoms in total. The van der Waals surface area contributed by atoms with E-state index in [-0.39, 0.29) is 0 Å². The van der Waals surface area contributed by atoms with E-state index in [4.69, 9.17) is 0 Å². The fourth-order valence-corrected chi connectivity index (χ4v) is 5.47. The molecule has 0 heteroatoms. The molecule has 0 aliphatic rings. The second kappa shape index (κ2) is 6.67. The van der Waals surface area contributed by atoms with Crippen molar-refractivity contribution in [2.45, 2.75) is 0 Å². The predicted molar refractivity (Wildman–Crippen MR) is 139 cm³/mol. The van der Waals surface area contributed by atoms with E-state index in [0.717, 1.165) is 0 Å². The van der Waals surface area contributed by atoms with Crippen LogP contribution in [-0.4, -0.2) is 0 Å². The van der Waals surface area contributed by atoms with E-state index in [1.54, 1.807) is 0 Å². The van der Waals surface area contributed by atoms with Crippen LogP contribution in [0.1, 0.15) is 0 Å². The van der Waals surface area contributed by atoms with Crippen LogP contribution in [0, 0.1) is 0 Å². The van der Waals surface area contributed by atoms with Crippen molar-refractivity contribution in [2.24, 2.45) is 0 Å². The number of hydrogen-bond acceptors (Lipinski definition) is 0. The zero-order valence-corrected chi connectivity index (χ0v) is 17.5. The van der Waals surface area contributed by atoms with Gasteiger partial charge in [0.05, 0.1) is 0 Å². The molecule has 0 aliphatic heterocycles. The molecule has 7 rings (SSSR count). The molecule has 0 saturated carbocycles. The van der Waals surface area contributed by atoms with E-state index in [2.05, 4.69) is 121 Å². The lowest BCUT2D eigenvalue weighted by molar-refractivity contribution is 1.60. The van der Waals surface area contributed by atoms with E-state index in [1.165, 1.54) is 65.3 Å². The van der Waals surface area contributed by atoms with Crippen LogP contribution < -0.4 is 0 Å². The lowest BCUT2D eigenvalue weighted by Crippen LogP contribution is -1.90. The highest BCUT2D eigenvalue weighted by Gasteiger charge is 2.16. The molecule has 0 saturated heterocycles. The molecule has 0 aliphatic carbocycles. The topological polar surface area (TPSA) is 0 Å². The zero-order chi connectivity index (χ0) is 21.1. The van der Waals surface area contributed by atoms with Crippen molar-refractivity contribution >= 4 is 43.1 Å². The van der Waals surface area contributed by atoms with Gasteiger partial charge in [0.15, 0.2) is 0 Å². The van der Waals surface area contributed by atoms with Crippen LogP contribution in [0.5, 0.6) is 0 Å². The molecular formula is C32H20. The Morgan fingerprint density at radius 1 is 0.281 bits per heavy atom. The molecule has 0 atom stereocenters. The first-order valence-corrected chi connectivity index (χ1v) is 11.1. The minimum absolute atomic E-state index is 1.25. The summed E-state index contributed by atoms with van der Waals surface area (Å²) < 4.78 is 0. The van der Waals surface area contributed by atoms with Gasteiger partial charge in [-0.2, -0.15) is 0 Å². The Morgan fingerprint density at radius 3 is 1.59 bits per heavy atom. The highest BCUT2D eigenvalue weighted by atomic mass is 14.2. The van der Waals surface area contributed by atoms with Gasteiger partial charge in [-0.25, -0.2) is 0 Å². The highest BCUT2D eigenvalue weighted by molar-refractivity contribution is 6.34. The van der Waals surface area contributed by atoms with E-state index < -0.39 is 0 Å². The molecule has 0 aromatic heterocycles. The van der Waals surface area contributed by atoms with Crippen molar-refractivity contribution in [2.75, 3.05) is 0 Å². The van der Waals surface area contributed by atoms with Gasteiger partial charge in [-0.05, 0) is 65.3 Å². The summed E-state index contributed by atoms with van der Waals surface area (Å²) in [4.78, 5) is 0. The lowest BCUT2D eigenvalue weighted by atomic mass is 9.85. The molecule has 7 aromatic rings. The van der Waals surface area contributed by atoms with Crippen LogP contribution in [0.4, 0.5) is 0 Å². The van der Waals surface area contributed by atoms with Gasteiger partial charge in [0.1, 0.15) is 0 Å². The van der Waals surface area contributed by atoms with E-state index >= 15 is 0 Å². The van der Waals surface area contributed by atoms with Gasteiger partial charge in [0, 0.05) is 0 Å². The Labute approximate surface area is 186 Å². The maximum atomic E-state index is 2.33. The van der Waals surface area contributed by atoms with Crippen LogP contribution in [-0.2, 0) is 0 Å². The third kappa shape index (κ3) is 2.38. The molecule has 0 spiro atoms. The normalized spacial score (nSPS) is 11.8. The quantitative estimate of drug-likeness (QED) is 0.199. The van der Waals surface area contributed by atoms with Crippen molar-refractivity contribution < 1.29 is 0 Å². The summed E-state index contributed by atoms with van der Waals surface area (Å²) >= 11 is 0. The Morgan fingerprint density at radius 2 is 0.844 bits per heavy atom. The second-order valence-corrected chi connectivity index (χ2v) is 8.51. The van der Waals surface area contributed by atoms with Gasteiger partial charge in [0.25, 0.3) is 0 Å².